The molecule has 1 N–H and O–H groups in total. The number of rotatable bonds is 5. The van der Waals surface area contributed by atoms with E-state index in [2.05, 4.69) is 14.2 Å². The SMILES string of the molecule is COC(=O)c1sc(S(=O)(=O)N[C@@H]2CCC[C@@H](C(F)(F)F)C2)c(C(=O)OC)c1C. The number of carbonyl (C=O) groups excluding carboxylic acids is 2. The van der Waals surface area contributed by atoms with E-state index in [1.165, 1.54) is 6.92 Å². The van der Waals surface area contributed by atoms with Gasteiger partial charge in [-0.05, 0) is 31.7 Å². The minimum atomic E-state index is -4.40. The van der Waals surface area contributed by atoms with Gasteiger partial charge in [0.1, 0.15) is 4.88 Å². The summed E-state index contributed by atoms with van der Waals surface area (Å²) in [5, 5.41) is 0. The van der Waals surface area contributed by atoms with Crippen LogP contribution in [0.5, 0.6) is 0 Å². The number of methoxy groups -OCH3 is 2. The van der Waals surface area contributed by atoms with E-state index < -0.39 is 44.3 Å². The van der Waals surface area contributed by atoms with Crippen LogP contribution in [0.1, 0.15) is 51.3 Å². The number of carbonyl (C=O) groups is 2. The van der Waals surface area contributed by atoms with Crippen LogP contribution in [0.15, 0.2) is 4.21 Å². The van der Waals surface area contributed by atoms with Gasteiger partial charge in [-0.25, -0.2) is 22.7 Å². The van der Waals surface area contributed by atoms with Crippen molar-refractivity contribution >= 4 is 33.3 Å². The summed E-state index contributed by atoms with van der Waals surface area (Å²) >= 11 is 0.516. The Hall–Kier alpha value is -1.66. The van der Waals surface area contributed by atoms with Crippen LogP contribution in [0, 0.1) is 12.8 Å². The number of hydrogen-bond donors (Lipinski definition) is 1. The van der Waals surface area contributed by atoms with Gasteiger partial charge in [0.05, 0.1) is 25.7 Å². The molecule has 0 spiro atoms. The van der Waals surface area contributed by atoms with Gasteiger partial charge < -0.3 is 9.47 Å². The molecule has 1 aliphatic rings. The van der Waals surface area contributed by atoms with Gasteiger partial charge in [0.2, 0.25) is 0 Å². The fourth-order valence-electron chi connectivity index (χ4n) is 3.17. The first-order valence-corrected chi connectivity index (χ1v) is 10.6. The lowest BCUT2D eigenvalue weighted by Gasteiger charge is -2.30. The van der Waals surface area contributed by atoms with Crippen molar-refractivity contribution in [2.45, 2.75) is 49.0 Å². The molecule has 1 fully saturated rings. The van der Waals surface area contributed by atoms with Gasteiger partial charge in [-0.3, -0.25) is 0 Å². The number of ether oxygens (including phenoxy) is 2. The highest BCUT2D eigenvalue weighted by Gasteiger charge is 2.43. The van der Waals surface area contributed by atoms with E-state index in [0.717, 1.165) is 14.2 Å². The summed E-state index contributed by atoms with van der Waals surface area (Å²) in [5.41, 5.74) is -0.260. The summed E-state index contributed by atoms with van der Waals surface area (Å²) in [6.45, 7) is 1.37. The van der Waals surface area contributed by atoms with E-state index in [0.29, 0.717) is 11.3 Å². The van der Waals surface area contributed by atoms with Gasteiger partial charge in [-0.15, -0.1) is 11.3 Å². The summed E-state index contributed by atoms with van der Waals surface area (Å²) in [7, 11) is -2.21. The molecule has 2 atom stereocenters. The normalized spacial score (nSPS) is 20.6. The van der Waals surface area contributed by atoms with Crippen molar-refractivity contribution < 1.29 is 40.7 Å². The lowest BCUT2D eigenvalue weighted by atomic mass is 9.86. The third kappa shape index (κ3) is 4.66. The minimum Gasteiger partial charge on any atom is -0.465 e. The Balaban J connectivity index is 2.39. The van der Waals surface area contributed by atoms with Crippen LogP contribution < -0.4 is 4.72 Å². The summed E-state index contributed by atoms with van der Waals surface area (Å²) in [4.78, 5) is 23.9. The van der Waals surface area contributed by atoms with Gasteiger partial charge in [0, 0.05) is 6.04 Å². The van der Waals surface area contributed by atoms with Gasteiger partial charge in [-0.2, -0.15) is 13.2 Å². The number of halogens is 3. The maximum absolute atomic E-state index is 13.0. The Morgan fingerprint density at radius 3 is 2.29 bits per heavy atom. The molecule has 0 unspecified atom stereocenters. The first-order chi connectivity index (χ1) is 12.9. The first-order valence-electron chi connectivity index (χ1n) is 8.31. The molecular formula is C16H20F3NO6S2. The standard InChI is InChI=1S/C16H20F3NO6S2/c1-8-11(13(21)25-2)15(27-12(8)14(22)26-3)28(23,24)20-10-6-4-5-9(7-10)16(17,18)19/h9-10,20H,4-7H2,1-3H3/t9-,10-/m1/s1. The second kappa shape index (κ2) is 8.37. The largest absolute Gasteiger partial charge is 0.465 e. The van der Waals surface area contributed by atoms with Crippen LogP contribution in [-0.4, -0.2) is 46.8 Å². The second-order valence-electron chi connectivity index (χ2n) is 6.43. The molecule has 0 bridgehead atoms. The van der Waals surface area contributed by atoms with Gasteiger partial charge in [0.25, 0.3) is 10.0 Å². The average Bonchev–Trinajstić information content (AvgIpc) is 2.97. The van der Waals surface area contributed by atoms with Crippen LogP contribution in [-0.2, 0) is 19.5 Å². The Bertz CT molecular complexity index is 862. The molecule has 1 aromatic rings. The molecule has 1 aliphatic carbocycles. The fraction of sp³-hybridized carbons (Fsp3) is 0.625. The Labute approximate surface area is 164 Å². The zero-order valence-electron chi connectivity index (χ0n) is 15.4. The van der Waals surface area contributed by atoms with Crippen LogP contribution >= 0.6 is 11.3 Å². The Morgan fingerprint density at radius 2 is 1.75 bits per heavy atom. The van der Waals surface area contributed by atoms with Crippen molar-refractivity contribution in [3.63, 3.8) is 0 Å². The van der Waals surface area contributed by atoms with Crippen molar-refractivity contribution in [2.75, 3.05) is 14.2 Å². The molecule has 12 heteroatoms. The molecule has 1 saturated carbocycles. The van der Waals surface area contributed by atoms with Crippen molar-refractivity contribution in [3.8, 4) is 0 Å². The Morgan fingerprint density at radius 1 is 1.14 bits per heavy atom. The molecule has 0 aromatic carbocycles. The highest BCUT2D eigenvalue weighted by atomic mass is 32.2. The number of esters is 2. The highest BCUT2D eigenvalue weighted by Crippen LogP contribution is 2.39. The summed E-state index contributed by atoms with van der Waals surface area (Å²) in [6, 6.07) is -0.931. The fourth-order valence-corrected chi connectivity index (χ4v) is 6.21. The number of sulfonamides is 1. The summed E-state index contributed by atoms with van der Waals surface area (Å²) in [5.74, 6) is -3.39. The minimum absolute atomic E-state index is 0.0558. The number of hydrogen-bond acceptors (Lipinski definition) is 7. The van der Waals surface area contributed by atoms with Gasteiger partial charge in [-0.1, -0.05) is 6.42 Å². The molecule has 7 nitrogen and oxygen atoms in total. The molecule has 0 amide bonds. The molecular weight excluding hydrogens is 423 g/mol. The number of thiophene rings is 1. The molecule has 0 saturated heterocycles. The third-order valence-electron chi connectivity index (χ3n) is 4.58. The van der Waals surface area contributed by atoms with Crippen LogP contribution in [0.4, 0.5) is 13.2 Å². The first kappa shape index (κ1) is 22.6. The van der Waals surface area contributed by atoms with Crippen molar-refractivity contribution in [1.29, 1.82) is 0 Å². The van der Waals surface area contributed by atoms with Crippen LogP contribution in [0.2, 0.25) is 0 Å². The molecule has 1 heterocycles. The quantitative estimate of drug-likeness (QED) is 0.703. The molecule has 0 aliphatic heterocycles. The van der Waals surface area contributed by atoms with E-state index in [1.807, 2.05) is 0 Å². The monoisotopic (exact) mass is 443 g/mol. The van der Waals surface area contributed by atoms with E-state index in [-0.39, 0.29) is 41.7 Å². The number of alkyl halides is 3. The van der Waals surface area contributed by atoms with Crippen LogP contribution in [0.25, 0.3) is 0 Å². The zero-order valence-corrected chi connectivity index (χ0v) is 17.0. The van der Waals surface area contributed by atoms with E-state index >= 15 is 0 Å². The van der Waals surface area contributed by atoms with E-state index in [9.17, 15) is 31.2 Å². The van der Waals surface area contributed by atoms with E-state index in [4.69, 9.17) is 0 Å². The predicted octanol–water partition coefficient (Wildman–Crippen LogP) is 3.03. The smallest absolute Gasteiger partial charge is 0.391 e. The van der Waals surface area contributed by atoms with Crippen LogP contribution in [0.3, 0.4) is 0 Å². The third-order valence-corrected chi connectivity index (χ3v) is 7.89. The molecule has 1 aromatic heterocycles. The van der Waals surface area contributed by atoms with Gasteiger partial charge >= 0.3 is 18.1 Å². The molecule has 2 rings (SSSR count). The zero-order chi connectivity index (χ0) is 21.3. The molecule has 0 radical (unpaired) electrons. The van der Waals surface area contributed by atoms with Crippen molar-refractivity contribution in [3.05, 3.63) is 16.0 Å². The summed E-state index contributed by atoms with van der Waals surface area (Å²) < 4.78 is 75.6. The van der Waals surface area contributed by atoms with Gasteiger partial charge in [0.15, 0.2) is 4.21 Å². The van der Waals surface area contributed by atoms with E-state index in [1.54, 1.807) is 0 Å². The predicted molar refractivity (Wildman–Crippen MR) is 93.9 cm³/mol. The lowest BCUT2D eigenvalue weighted by molar-refractivity contribution is -0.183. The maximum Gasteiger partial charge on any atom is 0.391 e. The molecule has 28 heavy (non-hydrogen) atoms. The van der Waals surface area contributed by atoms with Crippen molar-refractivity contribution in [2.24, 2.45) is 5.92 Å². The topological polar surface area (TPSA) is 98.8 Å². The van der Waals surface area contributed by atoms with Crippen molar-refractivity contribution in [1.82, 2.24) is 4.72 Å². The maximum atomic E-state index is 13.0. The summed E-state index contributed by atoms with van der Waals surface area (Å²) in [6.07, 6.45) is -4.38. The lowest BCUT2D eigenvalue weighted by Crippen LogP contribution is -2.41. The molecule has 158 valence electrons. The number of nitrogens with one attached hydrogen (secondary N) is 1. The Kier molecular flexibility index (Phi) is 6.77. The average molecular weight is 443 g/mol. The second-order valence-corrected chi connectivity index (χ2v) is 9.36. The highest BCUT2D eigenvalue weighted by molar-refractivity contribution is 7.91.